The third-order valence-corrected chi connectivity index (χ3v) is 6.02. The van der Waals surface area contributed by atoms with E-state index in [1.54, 1.807) is 12.3 Å². The predicted octanol–water partition coefficient (Wildman–Crippen LogP) is 1.62. The molecule has 0 N–H and O–H groups in total. The van der Waals surface area contributed by atoms with E-state index < -0.39 is 65.9 Å². The lowest BCUT2D eigenvalue weighted by molar-refractivity contribution is -0.288. The Bertz CT molecular complexity index is 791. The highest BCUT2D eigenvalue weighted by atomic mass is 16.8. The Balaban J connectivity index is 1.43. The van der Waals surface area contributed by atoms with Crippen molar-refractivity contribution >= 4 is 5.97 Å². The molecule has 4 fully saturated rings. The summed E-state index contributed by atoms with van der Waals surface area (Å²) in [5.41, 5.74) is -0.663. The molecule has 0 spiro atoms. The number of carbonyl (C=O) groups is 1. The molecule has 2 unspecified atom stereocenters. The molecule has 0 aliphatic carbocycles. The van der Waals surface area contributed by atoms with Crippen molar-refractivity contribution in [2.24, 2.45) is 0 Å². The van der Waals surface area contributed by atoms with Crippen molar-refractivity contribution in [3.63, 3.8) is 0 Å². The smallest absolute Gasteiger partial charge is 0.330 e. The number of fused-ring (bicyclic) bond motifs is 2. The van der Waals surface area contributed by atoms with Crippen LogP contribution in [0.25, 0.3) is 0 Å². The molecule has 5 aliphatic heterocycles. The van der Waals surface area contributed by atoms with E-state index in [-0.39, 0.29) is 6.10 Å². The number of hydrogen-bond acceptors (Lipinski definition) is 10. The van der Waals surface area contributed by atoms with Crippen LogP contribution in [0.4, 0.5) is 0 Å². The van der Waals surface area contributed by atoms with E-state index >= 15 is 0 Å². The topological polar surface area (TPSA) is 94.2 Å². The number of esters is 1. The molecule has 0 radical (unpaired) electrons. The number of carbonyl (C=O) groups excluding carboxylic acids is 1. The van der Waals surface area contributed by atoms with Gasteiger partial charge in [0, 0.05) is 0 Å². The third-order valence-electron chi connectivity index (χ3n) is 6.02. The van der Waals surface area contributed by atoms with Gasteiger partial charge in [-0.2, -0.15) is 0 Å². The first-order valence-corrected chi connectivity index (χ1v) is 11.2. The van der Waals surface area contributed by atoms with Gasteiger partial charge in [-0.1, -0.05) is 0 Å². The molecule has 0 aromatic heterocycles. The van der Waals surface area contributed by atoms with Gasteiger partial charge >= 0.3 is 5.97 Å². The van der Waals surface area contributed by atoms with Crippen LogP contribution in [-0.2, 0) is 42.8 Å². The molecule has 5 rings (SSSR count). The maximum atomic E-state index is 13.2. The lowest BCUT2D eigenvalue weighted by Crippen LogP contribution is -2.53. The molecule has 5 aliphatic rings. The van der Waals surface area contributed by atoms with E-state index in [1.807, 2.05) is 48.5 Å². The molecule has 180 valence electrons. The number of ether oxygens (including phenoxy) is 7. The fourth-order valence-electron chi connectivity index (χ4n) is 4.91. The molecule has 4 saturated heterocycles. The molecule has 0 amide bonds. The Morgan fingerprint density at radius 3 is 2.38 bits per heavy atom. The van der Waals surface area contributed by atoms with Gasteiger partial charge in [-0.15, -0.1) is 5.06 Å². The Labute approximate surface area is 187 Å². The van der Waals surface area contributed by atoms with Crippen LogP contribution in [0.1, 0.15) is 48.5 Å². The van der Waals surface area contributed by atoms with Crippen molar-refractivity contribution in [1.29, 1.82) is 0 Å². The maximum absolute atomic E-state index is 13.2. The highest BCUT2D eigenvalue weighted by Gasteiger charge is 2.64. The second-order valence-corrected chi connectivity index (χ2v) is 10.8. The molecule has 10 heteroatoms. The highest BCUT2D eigenvalue weighted by Crippen LogP contribution is 2.45. The molecule has 0 aromatic rings. The summed E-state index contributed by atoms with van der Waals surface area (Å²) in [6, 6.07) is -0.830. The fourth-order valence-corrected chi connectivity index (χ4v) is 4.91. The molecular formula is C22H33NO9. The van der Waals surface area contributed by atoms with E-state index in [4.69, 9.17) is 38.0 Å². The van der Waals surface area contributed by atoms with Crippen molar-refractivity contribution < 1.29 is 42.8 Å². The second kappa shape index (κ2) is 7.36. The summed E-state index contributed by atoms with van der Waals surface area (Å²) in [5.74, 6) is -1.98. The summed E-state index contributed by atoms with van der Waals surface area (Å²) in [4.78, 5) is 19.3. The van der Waals surface area contributed by atoms with Crippen molar-refractivity contribution in [3.05, 3.63) is 12.3 Å². The minimum absolute atomic E-state index is 0.349. The zero-order chi connectivity index (χ0) is 23.1. The van der Waals surface area contributed by atoms with Crippen molar-refractivity contribution in [2.75, 3.05) is 6.61 Å². The van der Waals surface area contributed by atoms with Gasteiger partial charge in [-0.05, 0) is 54.5 Å². The monoisotopic (exact) mass is 455 g/mol. The summed E-state index contributed by atoms with van der Waals surface area (Å²) >= 11 is 0. The van der Waals surface area contributed by atoms with Crippen molar-refractivity contribution in [1.82, 2.24) is 5.06 Å². The van der Waals surface area contributed by atoms with Crippen LogP contribution in [0.5, 0.6) is 0 Å². The summed E-state index contributed by atoms with van der Waals surface area (Å²) in [7, 11) is 0. The largest absolute Gasteiger partial charge is 0.493 e. The lowest BCUT2D eigenvalue weighted by Gasteiger charge is -2.33. The molecule has 8 atom stereocenters. The van der Waals surface area contributed by atoms with Crippen LogP contribution in [0.2, 0.25) is 0 Å². The average molecular weight is 456 g/mol. The lowest BCUT2D eigenvalue weighted by atomic mass is 10.0. The molecular weight excluding hydrogens is 422 g/mol. The summed E-state index contributed by atoms with van der Waals surface area (Å²) in [6.45, 7) is 13.3. The quantitative estimate of drug-likeness (QED) is 0.585. The fraction of sp³-hybridized carbons (Fsp3) is 0.864. The minimum Gasteiger partial charge on any atom is -0.493 e. The van der Waals surface area contributed by atoms with Crippen LogP contribution in [0, 0.1) is 0 Å². The summed E-state index contributed by atoms with van der Waals surface area (Å²) in [5, 5.41) is 1.52. The van der Waals surface area contributed by atoms with Gasteiger partial charge in [0.15, 0.2) is 29.9 Å². The Kier molecular flexibility index (Phi) is 5.18. The predicted molar refractivity (Wildman–Crippen MR) is 108 cm³/mol. The summed E-state index contributed by atoms with van der Waals surface area (Å²) < 4.78 is 42.0. The van der Waals surface area contributed by atoms with Gasteiger partial charge in [0.2, 0.25) is 0 Å². The molecule has 0 saturated carbocycles. The molecule has 10 nitrogen and oxygen atoms in total. The van der Waals surface area contributed by atoms with E-state index in [1.165, 1.54) is 5.06 Å². The number of hydroxylamine groups is 2. The van der Waals surface area contributed by atoms with E-state index in [2.05, 4.69) is 0 Å². The van der Waals surface area contributed by atoms with E-state index in [9.17, 15) is 4.79 Å². The maximum Gasteiger partial charge on any atom is 0.330 e. The van der Waals surface area contributed by atoms with Gasteiger partial charge in [-0.3, -0.25) is 9.63 Å². The highest BCUT2D eigenvalue weighted by molar-refractivity contribution is 5.77. The van der Waals surface area contributed by atoms with Crippen molar-refractivity contribution in [3.8, 4) is 0 Å². The standard InChI is InChI=1S/C22H33NO9/c1-20(2,3)31-19(24)13-14-11(8-9-25-14)32-23(13)18-17-16(29-22(6,7)30-17)15(27-18)12-10-26-21(4,5)28-12/h8-9,11-18H,10H2,1-7H3/t11?,12-,13+,14?,15-,16+,17+,18+/m1/s1. The second-order valence-electron chi connectivity index (χ2n) is 10.8. The zero-order valence-electron chi connectivity index (χ0n) is 19.6. The van der Waals surface area contributed by atoms with Crippen LogP contribution < -0.4 is 0 Å². The first kappa shape index (κ1) is 22.5. The molecule has 32 heavy (non-hydrogen) atoms. The van der Waals surface area contributed by atoms with Crippen LogP contribution >= 0.6 is 0 Å². The van der Waals surface area contributed by atoms with E-state index in [0.717, 1.165) is 0 Å². The molecule has 0 aromatic carbocycles. The third kappa shape index (κ3) is 3.96. The normalized spacial score (nSPS) is 44.5. The zero-order valence-corrected chi connectivity index (χ0v) is 19.6. The van der Waals surface area contributed by atoms with Gasteiger partial charge < -0.3 is 33.2 Å². The number of nitrogens with zero attached hydrogens (tertiary/aromatic N) is 1. The Morgan fingerprint density at radius 1 is 1.00 bits per heavy atom. The van der Waals surface area contributed by atoms with Gasteiger partial charge in [0.25, 0.3) is 0 Å². The van der Waals surface area contributed by atoms with Gasteiger partial charge in [-0.25, -0.2) is 0 Å². The first-order chi connectivity index (χ1) is 14.8. The van der Waals surface area contributed by atoms with Crippen LogP contribution in [0.15, 0.2) is 12.3 Å². The van der Waals surface area contributed by atoms with Gasteiger partial charge in [0.1, 0.15) is 36.1 Å². The molecule has 0 bridgehead atoms. The minimum atomic E-state index is -0.830. The Morgan fingerprint density at radius 2 is 1.72 bits per heavy atom. The van der Waals surface area contributed by atoms with Crippen LogP contribution in [0.3, 0.4) is 0 Å². The molecule has 5 heterocycles. The van der Waals surface area contributed by atoms with Crippen molar-refractivity contribution in [2.45, 2.75) is 115 Å². The average Bonchev–Trinajstić information content (AvgIpc) is 3.38. The van der Waals surface area contributed by atoms with Crippen LogP contribution in [-0.4, -0.2) is 83.7 Å². The summed E-state index contributed by atoms with van der Waals surface area (Å²) in [6.07, 6.45) is -0.0912. The first-order valence-electron chi connectivity index (χ1n) is 11.2. The van der Waals surface area contributed by atoms with Gasteiger partial charge in [0.05, 0.1) is 12.9 Å². The number of hydrogen-bond donors (Lipinski definition) is 0. The van der Waals surface area contributed by atoms with E-state index in [0.29, 0.717) is 6.61 Å². The Hall–Kier alpha value is -1.27. The number of rotatable bonds is 3. The SMILES string of the molecule is CC(C)(C)OC(=O)[C@@H]1C2OC=CC2ON1[C@H]1O[C@H]([C@H]2COC(C)(C)O2)[C@@H]2OC(C)(C)O[C@@H]21.